The van der Waals surface area contributed by atoms with Crippen LogP contribution >= 0.6 is 0 Å². The Morgan fingerprint density at radius 3 is 2.14 bits per heavy atom. The predicted octanol–water partition coefficient (Wildman–Crippen LogP) is 3.79. The second-order valence-corrected chi connectivity index (χ2v) is 7.65. The third-order valence-corrected chi connectivity index (χ3v) is 4.47. The summed E-state index contributed by atoms with van der Waals surface area (Å²) in [5.74, 6) is -1.67. The van der Waals surface area contributed by atoms with E-state index in [0.717, 1.165) is 22.3 Å². The standard InChI is InChI=1S/C22H25NO5/c1-22(2,3)28-13-19(20(24)25)23-21(26)27-12-18-16-10-6-4-8-14(16)15-9-5-7-11-17(15)18/h4-11,18-19H,12-13H2,1-3H3,(H,23,26)(H,24,25)/t19-/m0/s1/i12D/t12?,19-. The van der Waals surface area contributed by atoms with Gasteiger partial charge < -0.3 is 19.9 Å². The minimum absolute atomic E-state index is 0.203. The number of fused-ring (bicyclic) bond motifs is 3. The molecule has 0 aromatic heterocycles. The molecule has 2 atom stereocenters. The average Bonchev–Trinajstić information content (AvgIpc) is 2.98. The summed E-state index contributed by atoms with van der Waals surface area (Å²) in [5, 5.41) is 11.6. The molecule has 1 aliphatic rings. The van der Waals surface area contributed by atoms with E-state index in [1.807, 2.05) is 48.5 Å². The van der Waals surface area contributed by atoms with Crippen molar-refractivity contribution in [3.8, 4) is 11.1 Å². The van der Waals surface area contributed by atoms with Crippen LogP contribution in [0, 0.1) is 0 Å². The van der Waals surface area contributed by atoms with Crippen molar-refractivity contribution in [2.24, 2.45) is 0 Å². The summed E-state index contributed by atoms with van der Waals surface area (Å²) in [6.07, 6.45) is -0.961. The Kier molecular flexibility index (Phi) is 5.30. The molecule has 6 nitrogen and oxygen atoms in total. The minimum Gasteiger partial charge on any atom is -0.480 e. The third kappa shape index (κ3) is 4.51. The molecule has 0 bridgehead atoms. The summed E-state index contributed by atoms with van der Waals surface area (Å²) in [4.78, 5) is 23.7. The number of aliphatic carboxylic acids is 1. The van der Waals surface area contributed by atoms with Crippen LogP contribution in [0.4, 0.5) is 4.79 Å². The number of carbonyl (C=O) groups is 2. The highest BCUT2D eigenvalue weighted by molar-refractivity contribution is 5.81. The largest absolute Gasteiger partial charge is 0.480 e. The highest BCUT2D eigenvalue weighted by Crippen LogP contribution is 2.44. The Morgan fingerprint density at radius 1 is 1.11 bits per heavy atom. The maximum atomic E-state index is 12.3. The number of ether oxygens (including phenoxy) is 2. The molecule has 2 N–H and O–H groups in total. The minimum atomic E-state index is -1.27. The average molecular weight is 384 g/mol. The fraction of sp³-hybridized carbons (Fsp3) is 0.364. The second kappa shape index (κ2) is 8.02. The molecule has 6 heteroatoms. The second-order valence-electron chi connectivity index (χ2n) is 7.65. The number of carboxylic acid groups (broad SMARTS) is 1. The van der Waals surface area contributed by atoms with Crippen LogP contribution in [0.3, 0.4) is 0 Å². The molecule has 3 rings (SSSR count). The first-order chi connectivity index (χ1) is 13.7. The van der Waals surface area contributed by atoms with Gasteiger partial charge in [-0.25, -0.2) is 9.59 Å². The van der Waals surface area contributed by atoms with Crippen molar-refractivity contribution in [2.75, 3.05) is 13.2 Å². The monoisotopic (exact) mass is 384 g/mol. The van der Waals surface area contributed by atoms with Gasteiger partial charge >= 0.3 is 12.1 Å². The first kappa shape index (κ1) is 18.5. The smallest absolute Gasteiger partial charge is 0.407 e. The molecule has 28 heavy (non-hydrogen) atoms. The van der Waals surface area contributed by atoms with E-state index in [1.165, 1.54) is 0 Å². The van der Waals surface area contributed by atoms with Gasteiger partial charge in [-0.05, 0) is 43.0 Å². The van der Waals surface area contributed by atoms with Gasteiger partial charge in [-0.3, -0.25) is 0 Å². The number of carbonyl (C=O) groups excluding carboxylic acids is 1. The molecule has 0 spiro atoms. The Labute approximate surface area is 165 Å². The molecule has 2 aromatic carbocycles. The highest BCUT2D eigenvalue weighted by atomic mass is 16.6. The molecule has 1 unspecified atom stereocenters. The Balaban J connectivity index is 1.72. The Morgan fingerprint density at radius 2 is 1.64 bits per heavy atom. The molecule has 0 heterocycles. The van der Waals surface area contributed by atoms with Crippen molar-refractivity contribution in [3.05, 3.63) is 59.7 Å². The summed E-state index contributed by atoms with van der Waals surface area (Å²) in [5.41, 5.74) is 3.29. The van der Waals surface area contributed by atoms with E-state index in [1.54, 1.807) is 20.8 Å². The Bertz CT molecular complexity index is 863. The number of hydrogen-bond donors (Lipinski definition) is 2. The normalized spacial score (nSPS) is 15.8. The van der Waals surface area contributed by atoms with E-state index in [9.17, 15) is 14.7 Å². The molecular weight excluding hydrogens is 358 g/mol. The quantitative estimate of drug-likeness (QED) is 0.791. The number of alkyl carbamates (subject to hydrolysis) is 1. The first-order valence-corrected chi connectivity index (χ1v) is 9.12. The molecule has 0 saturated heterocycles. The zero-order valence-electron chi connectivity index (χ0n) is 17.1. The van der Waals surface area contributed by atoms with E-state index >= 15 is 0 Å². The molecular formula is C22H25NO5. The van der Waals surface area contributed by atoms with Crippen molar-refractivity contribution >= 4 is 12.1 Å². The molecule has 148 valence electrons. The summed E-state index contributed by atoms with van der Waals surface area (Å²) < 4.78 is 19.2. The molecule has 0 radical (unpaired) electrons. The van der Waals surface area contributed by atoms with Crippen molar-refractivity contribution < 1.29 is 25.5 Å². The van der Waals surface area contributed by atoms with Crippen LogP contribution in [0.1, 0.15) is 39.2 Å². The first-order valence-electron chi connectivity index (χ1n) is 9.69. The van der Waals surface area contributed by atoms with E-state index in [2.05, 4.69) is 5.32 Å². The van der Waals surface area contributed by atoms with Crippen LogP contribution in [-0.4, -0.2) is 42.0 Å². The zero-order chi connectivity index (χ0) is 21.2. The predicted molar refractivity (Wildman–Crippen MR) is 105 cm³/mol. The molecule has 1 amide bonds. The van der Waals surface area contributed by atoms with Gasteiger partial charge in [0, 0.05) is 5.92 Å². The number of rotatable bonds is 6. The van der Waals surface area contributed by atoms with Crippen LogP contribution in [-0.2, 0) is 14.3 Å². The van der Waals surface area contributed by atoms with Gasteiger partial charge in [0.05, 0.1) is 13.6 Å². The lowest BCUT2D eigenvalue weighted by Gasteiger charge is -2.23. The highest BCUT2D eigenvalue weighted by Gasteiger charge is 2.30. The van der Waals surface area contributed by atoms with Crippen LogP contribution in [0.2, 0.25) is 0 Å². The topological polar surface area (TPSA) is 84.9 Å². The van der Waals surface area contributed by atoms with E-state index < -0.39 is 36.2 Å². The molecule has 2 aromatic rings. The van der Waals surface area contributed by atoms with Crippen LogP contribution in [0.15, 0.2) is 48.5 Å². The van der Waals surface area contributed by atoms with E-state index in [0.29, 0.717) is 0 Å². The molecule has 1 aliphatic carbocycles. The molecule has 0 aliphatic heterocycles. The lowest BCUT2D eigenvalue weighted by Crippen LogP contribution is -2.45. The lowest BCUT2D eigenvalue weighted by molar-refractivity contribution is -0.142. The van der Waals surface area contributed by atoms with Gasteiger partial charge in [-0.1, -0.05) is 48.5 Å². The Hall–Kier alpha value is -2.86. The number of carboxylic acids is 1. The number of benzene rings is 2. The fourth-order valence-corrected chi connectivity index (χ4v) is 3.16. The van der Waals surface area contributed by atoms with Gasteiger partial charge in [0.25, 0.3) is 0 Å². The van der Waals surface area contributed by atoms with Gasteiger partial charge in [0.2, 0.25) is 0 Å². The van der Waals surface area contributed by atoms with Crippen molar-refractivity contribution in [3.63, 3.8) is 0 Å². The van der Waals surface area contributed by atoms with Crippen LogP contribution < -0.4 is 5.32 Å². The summed E-state index contributed by atoms with van der Waals surface area (Å²) in [6.45, 7) is 3.95. The van der Waals surface area contributed by atoms with Crippen molar-refractivity contribution in [1.29, 1.82) is 0 Å². The van der Waals surface area contributed by atoms with E-state index in [-0.39, 0.29) is 6.61 Å². The van der Waals surface area contributed by atoms with E-state index in [4.69, 9.17) is 10.8 Å². The lowest BCUT2D eigenvalue weighted by atomic mass is 9.98. The van der Waals surface area contributed by atoms with Gasteiger partial charge in [0.1, 0.15) is 6.58 Å². The number of amides is 1. The third-order valence-electron chi connectivity index (χ3n) is 4.47. The molecule has 0 saturated carbocycles. The maximum absolute atomic E-state index is 12.3. The maximum Gasteiger partial charge on any atom is 0.407 e. The SMILES string of the molecule is [2H]C(OC(=O)N[C@@H](COC(C)(C)C)C(=O)O)C1c2ccccc2-c2ccccc21. The van der Waals surface area contributed by atoms with Crippen LogP contribution in [0.25, 0.3) is 11.1 Å². The fourth-order valence-electron chi connectivity index (χ4n) is 3.16. The van der Waals surface area contributed by atoms with Crippen molar-refractivity contribution in [2.45, 2.75) is 38.3 Å². The molecule has 0 fully saturated rings. The number of hydrogen-bond acceptors (Lipinski definition) is 4. The summed E-state index contributed by atoms with van der Waals surface area (Å²) in [6, 6.07) is 14.1. The summed E-state index contributed by atoms with van der Waals surface area (Å²) in [7, 11) is 0. The van der Waals surface area contributed by atoms with Crippen LogP contribution in [0.5, 0.6) is 0 Å². The zero-order valence-corrected chi connectivity index (χ0v) is 16.1. The van der Waals surface area contributed by atoms with Gasteiger partial charge in [-0.2, -0.15) is 0 Å². The van der Waals surface area contributed by atoms with Crippen molar-refractivity contribution in [1.82, 2.24) is 5.32 Å². The summed E-state index contributed by atoms with van der Waals surface area (Å²) >= 11 is 0. The van der Waals surface area contributed by atoms with Gasteiger partial charge in [0.15, 0.2) is 6.04 Å². The van der Waals surface area contributed by atoms with Gasteiger partial charge in [-0.15, -0.1) is 0 Å². The number of nitrogens with one attached hydrogen (secondary N) is 1.